The molecule has 0 saturated heterocycles. The molecule has 2 N–H and O–H groups in total. The maximum atomic E-state index is 11.5. The molecule has 0 atom stereocenters. The molecule has 0 bridgehead atoms. The number of hydrogen-bond acceptors (Lipinski definition) is 5. The summed E-state index contributed by atoms with van der Waals surface area (Å²) in [5, 5.41) is 8.39. The highest BCUT2D eigenvalue weighted by molar-refractivity contribution is 5.93. The molecule has 0 unspecified atom stereocenters. The highest BCUT2D eigenvalue weighted by Crippen LogP contribution is 2.08. The van der Waals surface area contributed by atoms with Gasteiger partial charge in [-0.3, -0.25) is 4.79 Å². The molecule has 0 fully saturated rings. The summed E-state index contributed by atoms with van der Waals surface area (Å²) in [6.45, 7) is 1.48. The zero-order valence-electron chi connectivity index (χ0n) is 10.8. The second-order valence-corrected chi connectivity index (χ2v) is 3.93. The molecule has 1 aromatic heterocycles. The third kappa shape index (κ3) is 4.13. The van der Waals surface area contributed by atoms with Gasteiger partial charge in [-0.1, -0.05) is 23.4 Å². The molecular formula is C13H13N3O4. The molecule has 104 valence electrons. The van der Waals surface area contributed by atoms with Gasteiger partial charge in [0, 0.05) is 6.07 Å². The first-order valence-electron chi connectivity index (χ1n) is 5.87. The molecule has 7 nitrogen and oxygen atoms in total. The number of carbonyl (C=O) groups excluding carboxylic acids is 2. The maximum absolute atomic E-state index is 11.5. The summed E-state index contributed by atoms with van der Waals surface area (Å²) in [5.74, 6) is 0.850. The first kappa shape index (κ1) is 13.6. The van der Waals surface area contributed by atoms with E-state index in [1.54, 1.807) is 43.3 Å². The molecule has 0 aliphatic heterocycles. The smallest absolute Gasteiger partial charge is 0.410 e. The summed E-state index contributed by atoms with van der Waals surface area (Å²) in [6.07, 6.45) is -0.706. The van der Waals surface area contributed by atoms with Gasteiger partial charge in [0.2, 0.25) is 5.91 Å². The summed E-state index contributed by atoms with van der Waals surface area (Å²) in [5.41, 5.74) is 0. The Kier molecular flexibility index (Phi) is 4.33. The van der Waals surface area contributed by atoms with Crippen LogP contribution in [-0.2, 0) is 4.79 Å². The number of carbonyl (C=O) groups is 2. The number of nitrogens with zero attached hydrogens (tertiary/aromatic N) is 1. The molecule has 0 spiro atoms. The van der Waals surface area contributed by atoms with Crippen molar-refractivity contribution in [1.82, 2.24) is 10.5 Å². The van der Waals surface area contributed by atoms with Crippen molar-refractivity contribution in [3.8, 4) is 5.75 Å². The van der Waals surface area contributed by atoms with Gasteiger partial charge in [0.05, 0.1) is 0 Å². The molecular weight excluding hydrogens is 262 g/mol. The van der Waals surface area contributed by atoms with Crippen molar-refractivity contribution in [3.05, 3.63) is 42.2 Å². The van der Waals surface area contributed by atoms with Crippen LogP contribution in [0.1, 0.15) is 5.76 Å². The van der Waals surface area contributed by atoms with E-state index in [1.165, 1.54) is 0 Å². The molecule has 2 amide bonds. The topological polar surface area (TPSA) is 93.5 Å². The fourth-order valence-electron chi connectivity index (χ4n) is 1.40. The summed E-state index contributed by atoms with van der Waals surface area (Å²) in [4.78, 5) is 22.9. The van der Waals surface area contributed by atoms with Gasteiger partial charge in [0.25, 0.3) is 0 Å². The van der Waals surface area contributed by atoms with Gasteiger partial charge in [0.1, 0.15) is 18.1 Å². The number of anilines is 1. The van der Waals surface area contributed by atoms with E-state index in [1.807, 2.05) is 0 Å². The third-order valence-corrected chi connectivity index (χ3v) is 2.24. The number of nitrogens with one attached hydrogen (secondary N) is 2. The van der Waals surface area contributed by atoms with E-state index in [2.05, 4.69) is 15.8 Å². The second kappa shape index (κ2) is 6.37. The Morgan fingerprint density at radius 3 is 2.70 bits per heavy atom. The number of benzene rings is 1. The minimum absolute atomic E-state index is 0.225. The highest BCUT2D eigenvalue weighted by atomic mass is 16.6. The number of ether oxygens (including phenoxy) is 1. The number of para-hydroxylation sites is 1. The molecule has 0 aliphatic carbocycles. The Morgan fingerprint density at radius 1 is 1.30 bits per heavy atom. The first-order valence-corrected chi connectivity index (χ1v) is 5.87. The van der Waals surface area contributed by atoms with Crippen LogP contribution in [0.2, 0.25) is 0 Å². The largest absolute Gasteiger partial charge is 0.413 e. The van der Waals surface area contributed by atoms with Gasteiger partial charge in [-0.25, -0.2) is 4.79 Å². The van der Waals surface area contributed by atoms with Crippen molar-refractivity contribution in [3.63, 3.8) is 0 Å². The van der Waals surface area contributed by atoms with Crippen molar-refractivity contribution in [2.45, 2.75) is 6.92 Å². The van der Waals surface area contributed by atoms with Crippen LogP contribution in [0, 0.1) is 6.92 Å². The first-order chi connectivity index (χ1) is 9.63. The molecule has 0 saturated carbocycles. The Labute approximate surface area is 114 Å². The molecule has 7 heteroatoms. The summed E-state index contributed by atoms with van der Waals surface area (Å²) < 4.78 is 9.75. The zero-order valence-corrected chi connectivity index (χ0v) is 10.8. The minimum Gasteiger partial charge on any atom is -0.410 e. The van der Waals surface area contributed by atoms with Crippen LogP contribution in [0.25, 0.3) is 0 Å². The molecule has 1 aromatic carbocycles. The number of aromatic nitrogens is 1. The quantitative estimate of drug-likeness (QED) is 0.886. The Hall–Kier alpha value is -2.83. The normalized spacial score (nSPS) is 9.85. The predicted octanol–water partition coefficient (Wildman–Crippen LogP) is 1.71. The van der Waals surface area contributed by atoms with E-state index < -0.39 is 12.0 Å². The second-order valence-electron chi connectivity index (χ2n) is 3.93. The fraction of sp³-hybridized carbons (Fsp3) is 0.154. The fourth-order valence-corrected chi connectivity index (χ4v) is 1.40. The van der Waals surface area contributed by atoms with E-state index in [0.717, 1.165) is 0 Å². The summed E-state index contributed by atoms with van der Waals surface area (Å²) >= 11 is 0. The van der Waals surface area contributed by atoms with Crippen LogP contribution >= 0.6 is 0 Å². The number of aryl methyl sites for hydroxylation is 1. The molecule has 2 aromatic rings. The predicted molar refractivity (Wildman–Crippen MR) is 70.3 cm³/mol. The van der Waals surface area contributed by atoms with Gasteiger partial charge >= 0.3 is 6.09 Å². The Balaban J connectivity index is 1.74. The van der Waals surface area contributed by atoms with Crippen molar-refractivity contribution in [2.75, 3.05) is 11.9 Å². The summed E-state index contributed by atoms with van der Waals surface area (Å²) in [7, 11) is 0. The minimum atomic E-state index is -0.706. The van der Waals surface area contributed by atoms with Crippen LogP contribution in [-0.4, -0.2) is 23.7 Å². The molecule has 0 radical (unpaired) electrons. The van der Waals surface area contributed by atoms with E-state index in [4.69, 9.17) is 9.26 Å². The monoisotopic (exact) mass is 275 g/mol. The standard InChI is InChI=1S/C13H13N3O4/c1-9-7-11(16-20-9)15-12(17)8-14-13(18)19-10-5-3-2-4-6-10/h2-7H,8H2,1H3,(H,14,18)(H,15,16,17). The zero-order chi connectivity index (χ0) is 14.4. The lowest BCUT2D eigenvalue weighted by molar-refractivity contribution is -0.115. The SMILES string of the molecule is Cc1cc(NC(=O)CNC(=O)Oc2ccccc2)no1. The molecule has 1 heterocycles. The average Bonchev–Trinajstić information content (AvgIpc) is 2.83. The number of hydrogen-bond donors (Lipinski definition) is 2. The van der Waals surface area contributed by atoms with Gasteiger partial charge in [-0.2, -0.15) is 0 Å². The van der Waals surface area contributed by atoms with Crippen LogP contribution in [0.5, 0.6) is 5.75 Å². The molecule has 20 heavy (non-hydrogen) atoms. The van der Waals surface area contributed by atoms with E-state index in [0.29, 0.717) is 17.3 Å². The lowest BCUT2D eigenvalue weighted by Gasteiger charge is -2.05. The van der Waals surface area contributed by atoms with Crippen LogP contribution in [0.3, 0.4) is 0 Å². The maximum Gasteiger partial charge on any atom is 0.413 e. The van der Waals surface area contributed by atoms with E-state index in [-0.39, 0.29) is 6.54 Å². The summed E-state index contributed by atoms with van der Waals surface area (Å²) in [6, 6.07) is 10.1. The van der Waals surface area contributed by atoms with E-state index in [9.17, 15) is 9.59 Å². The number of amides is 2. The van der Waals surface area contributed by atoms with Crippen molar-refractivity contribution < 1.29 is 18.8 Å². The van der Waals surface area contributed by atoms with Crippen LogP contribution in [0.4, 0.5) is 10.6 Å². The molecule has 0 aliphatic rings. The Bertz CT molecular complexity index is 595. The number of rotatable bonds is 4. The van der Waals surface area contributed by atoms with Crippen LogP contribution in [0.15, 0.2) is 40.9 Å². The molecule has 2 rings (SSSR count). The van der Waals surface area contributed by atoms with Crippen molar-refractivity contribution >= 4 is 17.8 Å². The lowest BCUT2D eigenvalue weighted by Crippen LogP contribution is -2.34. The Morgan fingerprint density at radius 2 is 2.05 bits per heavy atom. The van der Waals surface area contributed by atoms with E-state index >= 15 is 0 Å². The average molecular weight is 275 g/mol. The third-order valence-electron chi connectivity index (χ3n) is 2.24. The van der Waals surface area contributed by atoms with Gasteiger partial charge < -0.3 is 19.9 Å². The van der Waals surface area contributed by atoms with Gasteiger partial charge in [0.15, 0.2) is 5.82 Å². The van der Waals surface area contributed by atoms with Crippen molar-refractivity contribution in [2.24, 2.45) is 0 Å². The van der Waals surface area contributed by atoms with Crippen molar-refractivity contribution in [1.29, 1.82) is 0 Å². The van der Waals surface area contributed by atoms with Gasteiger partial charge in [-0.15, -0.1) is 0 Å². The highest BCUT2D eigenvalue weighted by Gasteiger charge is 2.09. The lowest BCUT2D eigenvalue weighted by atomic mass is 10.3. The van der Waals surface area contributed by atoms with Gasteiger partial charge in [-0.05, 0) is 19.1 Å². The van der Waals surface area contributed by atoms with Crippen LogP contribution < -0.4 is 15.4 Å².